The first-order chi connectivity index (χ1) is 11.0. The van der Waals surface area contributed by atoms with E-state index in [-0.39, 0.29) is 36.4 Å². The van der Waals surface area contributed by atoms with Gasteiger partial charge in [-0.15, -0.1) is 24.0 Å². The van der Waals surface area contributed by atoms with Crippen molar-refractivity contribution in [2.75, 3.05) is 53.5 Å². The van der Waals surface area contributed by atoms with Crippen molar-refractivity contribution in [2.45, 2.75) is 25.8 Å². The maximum atomic E-state index is 11.6. The predicted molar refractivity (Wildman–Crippen MR) is 109 cm³/mol. The van der Waals surface area contributed by atoms with Crippen LogP contribution in [0.2, 0.25) is 0 Å². The Morgan fingerprint density at radius 2 is 2.00 bits per heavy atom. The van der Waals surface area contributed by atoms with Gasteiger partial charge in [-0.2, -0.15) is 0 Å². The van der Waals surface area contributed by atoms with Gasteiger partial charge in [0.25, 0.3) is 0 Å². The fraction of sp³-hybridized carbons (Fsp3) is 0.750. The smallest absolute Gasteiger partial charge is 0.239 e. The fourth-order valence-corrected chi connectivity index (χ4v) is 2.52. The molecule has 8 heteroatoms. The molecule has 1 fully saturated rings. The molecule has 0 aromatic heterocycles. The molecular formula is C16H32IN5O2. The Labute approximate surface area is 162 Å². The molecule has 3 N–H and O–H groups in total. The topological polar surface area (TPSA) is 78.0 Å². The van der Waals surface area contributed by atoms with Crippen LogP contribution in [0.3, 0.4) is 0 Å². The van der Waals surface area contributed by atoms with Gasteiger partial charge in [-0.05, 0) is 19.8 Å². The molecule has 7 nitrogen and oxygen atoms in total. The molecule has 0 atom stereocenters. The van der Waals surface area contributed by atoms with Crippen LogP contribution >= 0.6 is 24.0 Å². The summed E-state index contributed by atoms with van der Waals surface area (Å²) in [6, 6.07) is 0.388. The summed E-state index contributed by atoms with van der Waals surface area (Å²) in [6.45, 7) is 10.4. The summed E-state index contributed by atoms with van der Waals surface area (Å²) in [5.41, 5.74) is 1.20. The highest BCUT2D eigenvalue weighted by atomic mass is 127. The summed E-state index contributed by atoms with van der Waals surface area (Å²) in [5.74, 6) is 0.603. The number of amides is 1. The number of nitrogens with zero attached hydrogens (tertiary/aromatic N) is 2. The van der Waals surface area contributed by atoms with E-state index in [0.717, 1.165) is 32.5 Å². The SMILES string of the molecule is C=C(C)CN1CCC(NC(=NC)NCC(=O)NCCOC)CC1.I. The number of guanidine groups is 1. The van der Waals surface area contributed by atoms with Crippen LogP contribution in [0.25, 0.3) is 0 Å². The van der Waals surface area contributed by atoms with Gasteiger partial charge in [0, 0.05) is 46.4 Å². The summed E-state index contributed by atoms with van der Waals surface area (Å²) in [4.78, 5) is 18.2. The van der Waals surface area contributed by atoms with Crippen LogP contribution in [0.1, 0.15) is 19.8 Å². The van der Waals surface area contributed by atoms with Gasteiger partial charge in [-0.1, -0.05) is 12.2 Å². The van der Waals surface area contributed by atoms with Crippen LogP contribution in [0, 0.1) is 0 Å². The Hall–Kier alpha value is -0.870. The van der Waals surface area contributed by atoms with Gasteiger partial charge in [-0.25, -0.2) is 0 Å². The number of methoxy groups -OCH3 is 1. The highest BCUT2D eigenvalue weighted by Crippen LogP contribution is 2.11. The van der Waals surface area contributed by atoms with Crippen molar-refractivity contribution in [3.05, 3.63) is 12.2 Å². The maximum absolute atomic E-state index is 11.6. The molecule has 1 aliphatic rings. The van der Waals surface area contributed by atoms with Crippen LogP contribution in [0.4, 0.5) is 0 Å². The van der Waals surface area contributed by atoms with Gasteiger partial charge in [0.15, 0.2) is 5.96 Å². The molecule has 0 spiro atoms. The number of carbonyl (C=O) groups excluding carboxylic acids is 1. The number of rotatable bonds is 8. The molecule has 1 heterocycles. The molecule has 0 saturated carbocycles. The lowest BCUT2D eigenvalue weighted by Crippen LogP contribution is -2.50. The summed E-state index contributed by atoms with van der Waals surface area (Å²) in [6.07, 6.45) is 2.13. The lowest BCUT2D eigenvalue weighted by molar-refractivity contribution is -0.120. The summed E-state index contributed by atoms with van der Waals surface area (Å²) in [5, 5.41) is 9.20. The number of carbonyl (C=O) groups is 1. The average Bonchev–Trinajstić information content (AvgIpc) is 2.52. The highest BCUT2D eigenvalue weighted by Gasteiger charge is 2.19. The van der Waals surface area contributed by atoms with Crippen molar-refractivity contribution in [3.63, 3.8) is 0 Å². The van der Waals surface area contributed by atoms with E-state index in [9.17, 15) is 4.79 Å². The first kappa shape index (κ1) is 23.1. The van der Waals surface area contributed by atoms with Crippen molar-refractivity contribution in [1.29, 1.82) is 0 Å². The van der Waals surface area contributed by atoms with Crippen LogP contribution in [-0.2, 0) is 9.53 Å². The van der Waals surface area contributed by atoms with Gasteiger partial charge >= 0.3 is 0 Å². The van der Waals surface area contributed by atoms with Crippen molar-refractivity contribution < 1.29 is 9.53 Å². The first-order valence-corrected chi connectivity index (χ1v) is 8.14. The van der Waals surface area contributed by atoms with E-state index in [2.05, 4.69) is 39.3 Å². The molecule has 0 bridgehead atoms. The highest BCUT2D eigenvalue weighted by molar-refractivity contribution is 14.0. The van der Waals surface area contributed by atoms with Gasteiger partial charge < -0.3 is 20.7 Å². The van der Waals surface area contributed by atoms with Crippen LogP contribution in [0.5, 0.6) is 0 Å². The Balaban J connectivity index is 0.00000529. The van der Waals surface area contributed by atoms with Crippen LogP contribution in [0.15, 0.2) is 17.1 Å². The van der Waals surface area contributed by atoms with Crippen LogP contribution in [-0.4, -0.2) is 76.3 Å². The second-order valence-electron chi connectivity index (χ2n) is 5.92. The molecule has 0 aromatic rings. The third kappa shape index (κ3) is 10.1. The fourth-order valence-electron chi connectivity index (χ4n) is 2.52. The Kier molecular flexibility index (Phi) is 12.9. The van der Waals surface area contributed by atoms with Crippen LogP contribution < -0.4 is 16.0 Å². The van der Waals surface area contributed by atoms with E-state index >= 15 is 0 Å². The van der Waals surface area contributed by atoms with E-state index in [1.807, 2.05) is 0 Å². The van der Waals surface area contributed by atoms with Crippen molar-refractivity contribution in [3.8, 4) is 0 Å². The lowest BCUT2D eigenvalue weighted by Gasteiger charge is -2.33. The number of likely N-dealkylation sites (tertiary alicyclic amines) is 1. The number of hydrogen-bond acceptors (Lipinski definition) is 4. The Bertz CT molecular complexity index is 409. The molecule has 1 aliphatic heterocycles. The van der Waals surface area contributed by atoms with E-state index in [0.29, 0.717) is 25.2 Å². The lowest BCUT2D eigenvalue weighted by atomic mass is 10.0. The van der Waals surface area contributed by atoms with E-state index < -0.39 is 0 Å². The zero-order chi connectivity index (χ0) is 17.1. The van der Waals surface area contributed by atoms with E-state index in [1.165, 1.54) is 5.57 Å². The Morgan fingerprint density at radius 3 is 2.54 bits per heavy atom. The molecule has 1 saturated heterocycles. The van der Waals surface area contributed by atoms with Gasteiger partial charge in [-0.3, -0.25) is 14.7 Å². The number of nitrogens with one attached hydrogen (secondary N) is 3. The zero-order valence-electron chi connectivity index (χ0n) is 15.1. The molecule has 1 rings (SSSR count). The normalized spacial score (nSPS) is 16.2. The number of ether oxygens (including phenoxy) is 1. The number of aliphatic imine (C=N–C) groups is 1. The molecule has 0 aromatic carbocycles. The monoisotopic (exact) mass is 453 g/mol. The second-order valence-corrected chi connectivity index (χ2v) is 5.92. The summed E-state index contributed by atoms with van der Waals surface area (Å²) < 4.78 is 4.89. The number of hydrogen-bond donors (Lipinski definition) is 3. The van der Waals surface area contributed by atoms with E-state index in [1.54, 1.807) is 14.2 Å². The third-order valence-corrected chi connectivity index (χ3v) is 3.69. The summed E-state index contributed by atoms with van der Waals surface area (Å²) >= 11 is 0. The Morgan fingerprint density at radius 1 is 1.33 bits per heavy atom. The molecule has 0 aliphatic carbocycles. The van der Waals surface area contributed by atoms with Gasteiger partial charge in [0.05, 0.1) is 13.2 Å². The third-order valence-electron chi connectivity index (χ3n) is 3.69. The quantitative estimate of drug-likeness (QED) is 0.165. The molecule has 0 unspecified atom stereocenters. The number of halogens is 1. The minimum atomic E-state index is -0.0683. The predicted octanol–water partition coefficient (Wildman–Crippen LogP) is 0.573. The molecule has 0 radical (unpaired) electrons. The van der Waals surface area contributed by atoms with Crippen molar-refractivity contribution >= 4 is 35.8 Å². The largest absolute Gasteiger partial charge is 0.383 e. The minimum absolute atomic E-state index is 0. The molecule has 140 valence electrons. The molecule has 24 heavy (non-hydrogen) atoms. The average molecular weight is 453 g/mol. The minimum Gasteiger partial charge on any atom is -0.383 e. The molecular weight excluding hydrogens is 421 g/mol. The standard InChI is InChI=1S/C16H31N5O2.HI/c1-13(2)12-21-8-5-14(6-9-21)20-16(17-3)19-11-15(22)18-7-10-23-4;/h14H,1,5-12H2,2-4H3,(H,18,22)(H2,17,19,20);1H. The summed E-state index contributed by atoms with van der Waals surface area (Å²) in [7, 11) is 3.33. The van der Waals surface area contributed by atoms with E-state index in [4.69, 9.17) is 4.74 Å². The second kappa shape index (κ2) is 13.4. The van der Waals surface area contributed by atoms with Gasteiger partial charge in [0.2, 0.25) is 5.91 Å². The van der Waals surface area contributed by atoms with Crippen molar-refractivity contribution in [2.24, 2.45) is 4.99 Å². The first-order valence-electron chi connectivity index (χ1n) is 8.14. The number of piperidine rings is 1. The molecule has 1 amide bonds. The van der Waals surface area contributed by atoms with Crippen molar-refractivity contribution in [1.82, 2.24) is 20.9 Å². The van der Waals surface area contributed by atoms with Gasteiger partial charge in [0.1, 0.15) is 0 Å². The zero-order valence-corrected chi connectivity index (χ0v) is 17.4. The maximum Gasteiger partial charge on any atom is 0.239 e.